The summed E-state index contributed by atoms with van der Waals surface area (Å²) in [6.45, 7) is 5.32. The number of para-hydroxylation sites is 3. The molecule has 28 heavy (non-hydrogen) atoms. The van der Waals surface area contributed by atoms with Crippen molar-refractivity contribution in [3.8, 4) is 17.2 Å². The quantitative estimate of drug-likeness (QED) is 0.274. The molecule has 0 saturated carbocycles. The summed E-state index contributed by atoms with van der Waals surface area (Å²) in [5, 5.41) is 9.39. The highest BCUT2D eigenvalue weighted by atomic mass is 32.2. The summed E-state index contributed by atoms with van der Waals surface area (Å²) in [5.41, 5.74) is 0. The minimum absolute atomic E-state index is 0.294. The molecule has 6 nitrogen and oxygen atoms in total. The Balaban J connectivity index is 1.58. The molecule has 2 aromatic carbocycles. The number of methoxy groups -OCH3 is 1. The highest BCUT2D eigenvalue weighted by molar-refractivity contribution is 7.99. The summed E-state index contributed by atoms with van der Waals surface area (Å²) in [5.74, 6) is 3.71. The SMILES string of the molecule is C=CCn1c(COc2ccccc2OC)nnc1SCCOc1ccccc1. The second kappa shape index (κ2) is 10.4. The van der Waals surface area contributed by atoms with Crippen LogP contribution < -0.4 is 14.2 Å². The summed E-state index contributed by atoms with van der Waals surface area (Å²) in [7, 11) is 1.62. The minimum atomic E-state index is 0.294. The zero-order valence-corrected chi connectivity index (χ0v) is 16.6. The van der Waals surface area contributed by atoms with Crippen molar-refractivity contribution in [2.24, 2.45) is 0 Å². The van der Waals surface area contributed by atoms with E-state index in [4.69, 9.17) is 14.2 Å². The normalized spacial score (nSPS) is 10.5. The molecule has 3 aromatic rings. The number of ether oxygens (including phenoxy) is 3. The number of hydrogen-bond acceptors (Lipinski definition) is 6. The average molecular weight is 398 g/mol. The summed E-state index contributed by atoms with van der Waals surface area (Å²) in [4.78, 5) is 0. The van der Waals surface area contributed by atoms with E-state index in [2.05, 4.69) is 16.8 Å². The molecule has 3 rings (SSSR count). The monoisotopic (exact) mass is 397 g/mol. The van der Waals surface area contributed by atoms with Crippen LogP contribution in [0, 0.1) is 0 Å². The molecule has 0 aliphatic rings. The Morgan fingerprint density at radius 3 is 2.50 bits per heavy atom. The second-order valence-electron chi connectivity index (χ2n) is 5.75. The number of thioether (sulfide) groups is 1. The van der Waals surface area contributed by atoms with Gasteiger partial charge in [0.05, 0.1) is 13.7 Å². The van der Waals surface area contributed by atoms with Crippen LogP contribution in [0.1, 0.15) is 5.82 Å². The van der Waals surface area contributed by atoms with Gasteiger partial charge in [-0.05, 0) is 24.3 Å². The molecular formula is C21H23N3O3S. The molecule has 0 saturated heterocycles. The van der Waals surface area contributed by atoms with Gasteiger partial charge in [-0.3, -0.25) is 4.57 Å². The third-order valence-corrected chi connectivity index (χ3v) is 4.79. The van der Waals surface area contributed by atoms with Gasteiger partial charge in [0.15, 0.2) is 22.5 Å². The lowest BCUT2D eigenvalue weighted by atomic mass is 10.3. The zero-order valence-electron chi connectivity index (χ0n) is 15.8. The van der Waals surface area contributed by atoms with Gasteiger partial charge in [0.25, 0.3) is 0 Å². The Hall–Kier alpha value is -2.93. The van der Waals surface area contributed by atoms with Crippen molar-refractivity contribution in [1.29, 1.82) is 0 Å². The molecule has 0 radical (unpaired) electrons. The van der Waals surface area contributed by atoms with Crippen molar-refractivity contribution < 1.29 is 14.2 Å². The topological polar surface area (TPSA) is 58.4 Å². The molecule has 0 bridgehead atoms. The number of benzene rings is 2. The van der Waals surface area contributed by atoms with E-state index >= 15 is 0 Å². The third kappa shape index (κ3) is 5.29. The Morgan fingerprint density at radius 1 is 1.00 bits per heavy atom. The molecule has 0 aliphatic heterocycles. The molecule has 0 N–H and O–H groups in total. The molecule has 1 heterocycles. The Kier molecular flexibility index (Phi) is 7.37. The molecule has 0 unspecified atom stereocenters. The first-order valence-electron chi connectivity index (χ1n) is 8.91. The first-order valence-corrected chi connectivity index (χ1v) is 9.90. The lowest BCUT2D eigenvalue weighted by Gasteiger charge is -2.11. The Morgan fingerprint density at radius 2 is 1.75 bits per heavy atom. The number of allylic oxidation sites excluding steroid dienone is 1. The number of nitrogens with zero attached hydrogens (tertiary/aromatic N) is 3. The van der Waals surface area contributed by atoms with E-state index in [0.29, 0.717) is 31.3 Å². The predicted molar refractivity (Wildman–Crippen MR) is 110 cm³/mol. The summed E-state index contributed by atoms with van der Waals surface area (Å²) in [6, 6.07) is 17.3. The van der Waals surface area contributed by atoms with Gasteiger partial charge in [0, 0.05) is 12.3 Å². The van der Waals surface area contributed by atoms with Crippen molar-refractivity contribution in [2.75, 3.05) is 19.5 Å². The van der Waals surface area contributed by atoms with E-state index in [0.717, 1.165) is 22.5 Å². The summed E-state index contributed by atoms with van der Waals surface area (Å²) in [6.07, 6.45) is 1.82. The lowest BCUT2D eigenvalue weighted by Crippen LogP contribution is -2.08. The van der Waals surface area contributed by atoms with Crippen molar-refractivity contribution in [1.82, 2.24) is 14.8 Å². The van der Waals surface area contributed by atoms with Gasteiger partial charge in [-0.25, -0.2) is 0 Å². The maximum atomic E-state index is 5.88. The standard InChI is InChI=1S/C21H23N3O3S/c1-3-13-24-20(16-27-19-12-8-7-11-18(19)25-2)22-23-21(24)28-15-14-26-17-9-5-4-6-10-17/h3-12H,1,13-16H2,2H3. The fourth-order valence-electron chi connectivity index (χ4n) is 2.53. The highest BCUT2D eigenvalue weighted by Crippen LogP contribution is 2.27. The Labute approximate surface area is 169 Å². The molecule has 0 fully saturated rings. The van der Waals surface area contributed by atoms with Gasteiger partial charge in [-0.1, -0.05) is 48.2 Å². The van der Waals surface area contributed by atoms with Crippen molar-refractivity contribution in [3.63, 3.8) is 0 Å². The molecule has 0 spiro atoms. The van der Waals surface area contributed by atoms with Crippen molar-refractivity contribution in [2.45, 2.75) is 18.3 Å². The lowest BCUT2D eigenvalue weighted by molar-refractivity contribution is 0.271. The van der Waals surface area contributed by atoms with Gasteiger partial charge in [-0.15, -0.1) is 16.8 Å². The van der Waals surface area contributed by atoms with Gasteiger partial charge >= 0.3 is 0 Å². The van der Waals surface area contributed by atoms with Gasteiger partial charge in [-0.2, -0.15) is 0 Å². The zero-order chi connectivity index (χ0) is 19.6. The fraction of sp³-hybridized carbons (Fsp3) is 0.238. The van der Waals surface area contributed by atoms with E-state index in [9.17, 15) is 0 Å². The first kappa shape index (κ1) is 19.8. The average Bonchev–Trinajstić information content (AvgIpc) is 3.12. The van der Waals surface area contributed by atoms with Crippen molar-refractivity contribution in [3.05, 3.63) is 73.1 Å². The van der Waals surface area contributed by atoms with Crippen LogP contribution in [0.2, 0.25) is 0 Å². The van der Waals surface area contributed by atoms with E-state index in [1.165, 1.54) is 0 Å². The van der Waals surface area contributed by atoms with Crippen LogP contribution in [0.15, 0.2) is 72.4 Å². The van der Waals surface area contributed by atoms with Gasteiger partial charge in [0.1, 0.15) is 12.4 Å². The summed E-state index contributed by atoms with van der Waals surface area (Å²) < 4.78 is 18.9. The van der Waals surface area contributed by atoms with Crippen LogP contribution in [0.4, 0.5) is 0 Å². The summed E-state index contributed by atoms with van der Waals surface area (Å²) >= 11 is 1.59. The predicted octanol–water partition coefficient (Wildman–Crippen LogP) is 4.22. The van der Waals surface area contributed by atoms with Crippen molar-refractivity contribution >= 4 is 11.8 Å². The number of aromatic nitrogens is 3. The molecule has 0 atom stereocenters. The van der Waals surface area contributed by atoms with Crippen LogP contribution in [0.25, 0.3) is 0 Å². The van der Waals surface area contributed by atoms with Gasteiger partial charge in [0.2, 0.25) is 0 Å². The van der Waals surface area contributed by atoms with Crippen LogP contribution in [0.5, 0.6) is 17.2 Å². The van der Waals surface area contributed by atoms with E-state index in [1.807, 2.05) is 65.2 Å². The third-order valence-electron chi connectivity index (χ3n) is 3.86. The maximum Gasteiger partial charge on any atom is 0.191 e. The number of hydrogen-bond donors (Lipinski definition) is 0. The molecule has 1 aromatic heterocycles. The molecule has 0 amide bonds. The largest absolute Gasteiger partial charge is 0.493 e. The second-order valence-corrected chi connectivity index (χ2v) is 6.81. The molecular weight excluding hydrogens is 374 g/mol. The Bertz CT molecular complexity index is 884. The van der Waals surface area contributed by atoms with Crippen LogP contribution in [-0.2, 0) is 13.2 Å². The number of rotatable bonds is 11. The minimum Gasteiger partial charge on any atom is -0.493 e. The van der Waals surface area contributed by atoms with E-state index in [1.54, 1.807) is 18.9 Å². The first-order chi connectivity index (χ1) is 13.8. The molecule has 146 valence electrons. The molecule has 7 heteroatoms. The van der Waals surface area contributed by atoms with E-state index in [-0.39, 0.29) is 0 Å². The van der Waals surface area contributed by atoms with Gasteiger partial charge < -0.3 is 14.2 Å². The van der Waals surface area contributed by atoms with E-state index < -0.39 is 0 Å². The highest BCUT2D eigenvalue weighted by Gasteiger charge is 2.13. The fourth-order valence-corrected chi connectivity index (χ4v) is 3.32. The maximum absolute atomic E-state index is 5.88. The van der Waals surface area contributed by atoms with Crippen LogP contribution >= 0.6 is 11.8 Å². The van der Waals surface area contributed by atoms with Crippen LogP contribution in [-0.4, -0.2) is 34.2 Å². The molecule has 0 aliphatic carbocycles. The smallest absolute Gasteiger partial charge is 0.191 e. The van der Waals surface area contributed by atoms with Crippen LogP contribution in [0.3, 0.4) is 0 Å².